The molecular formula is C8H13N5O3S. The van der Waals surface area contributed by atoms with Crippen LogP contribution in [0.15, 0.2) is 19.9 Å². The highest BCUT2D eigenvalue weighted by Crippen LogP contribution is 2.20. The lowest BCUT2D eigenvalue weighted by Gasteiger charge is -2.11. The van der Waals surface area contributed by atoms with Crippen LogP contribution in [0.2, 0.25) is 0 Å². The standard InChI is InChI=1S/C8H13N5O3S/c1-4(3-5(9)12-16)17-8-10-6(14)7(15)11-13(8)2/h4,16H,3H2,1-2H3,(H2,9,12)(H,11,15). The summed E-state index contributed by atoms with van der Waals surface area (Å²) in [6.07, 6.45) is 0.343. The molecule has 0 spiro atoms. The van der Waals surface area contributed by atoms with Gasteiger partial charge in [0.2, 0.25) is 0 Å². The number of thioether (sulfide) groups is 1. The molecule has 0 radical (unpaired) electrons. The minimum Gasteiger partial charge on any atom is -0.409 e. The highest BCUT2D eigenvalue weighted by molar-refractivity contribution is 7.99. The Kier molecular flexibility index (Phi) is 4.32. The van der Waals surface area contributed by atoms with E-state index in [4.69, 9.17) is 10.9 Å². The van der Waals surface area contributed by atoms with Crippen molar-refractivity contribution in [1.29, 1.82) is 0 Å². The third-order valence-electron chi connectivity index (χ3n) is 1.88. The van der Waals surface area contributed by atoms with Crippen molar-refractivity contribution in [2.45, 2.75) is 23.8 Å². The number of rotatable bonds is 4. The molecule has 1 heterocycles. The summed E-state index contributed by atoms with van der Waals surface area (Å²) in [5.41, 5.74) is 3.76. The van der Waals surface area contributed by atoms with Gasteiger partial charge >= 0.3 is 11.1 Å². The molecule has 1 aromatic rings. The summed E-state index contributed by atoms with van der Waals surface area (Å²) < 4.78 is 1.36. The summed E-state index contributed by atoms with van der Waals surface area (Å²) >= 11 is 1.25. The lowest BCUT2D eigenvalue weighted by Crippen LogP contribution is -2.34. The molecule has 9 heteroatoms. The van der Waals surface area contributed by atoms with Crippen LogP contribution in [0.4, 0.5) is 0 Å². The van der Waals surface area contributed by atoms with Crippen LogP contribution >= 0.6 is 11.8 Å². The number of aromatic nitrogens is 3. The van der Waals surface area contributed by atoms with Gasteiger partial charge < -0.3 is 10.9 Å². The van der Waals surface area contributed by atoms with Crippen molar-refractivity contribution in [3.8, 4) is 0 Å². The molecule has 0 aliphatic rings. The number of nitrogens with two attached hydrogens (primary N) is 1. The molecule has 1 aromatic heterocycles. The summed E-state index contributed by atoms with van der Waals surface area (Å²) in [6.45, 7) is 1.83. The third kappa shape index (κ3) is 3.63. The first kappa shape index (κ1) is 13.3. The predicted octanol–water partition coefficient (Wildman–Crippen LogP) is -0.914. The average molecular weight is 259 g/mol. The van der Waals surface area contributed by atoms with E-state index in [1.165, 1.54) is 16.4 Å². The highest BCUT2D eigenvalue weighted by atomic mass is 32.2. The van der Waals surface area contributed by atoms with E-state index >= 15 is 0 Å². The number of oxime groups is 1. The Morgan fingerprint density at radius 2 is 2.35 bits per heavy atom. The Morgan fingerprint density at radius 3 is 2.94 bits per heavy atom. The zero-order chi connectivity index (χ0) is 13.0. The molecule has 0 fully saturated rings. The molecule has 0 aliphatic heterocycles. The number of hydrogen-bond donors (Lipinski definition) is 3. The van der Waals surface area contributed by atoms with Crippen molar-refractivity contribution in [3.63, 3.8) is 0 Å². The number of aromatic amines is 1. The third-order valence-corrected chi connectivity index (χ3v) is 3.02. The lowest BCUT2D eigenvalue weighted by molar-refractivity contribution is 0.317. The Labute approximate surface area is 101 Å². The monoisotopic (exact) mass is 259 g/mol. The average Bonchev–Trinajstić information content (AvgIpc) is 2.25. The molecule has 0 amide bonds. The van der Waals surface area contributed by atoms with Crippen LogP contribution < -0.4 is 16.9 Å². The number of H-pyrrole nitrogens is 1. The maximum Gasteiger partial charge on any atom is 0.339 e. The van der Waals surface area contributed by atoms with Gasteiger partial charge in [-0.25, -0.2) is 0 Å². The van der Waals surface area contributed by atoms with E-state index in [9.17, 15) is 9.59 Å². The normalized spacial score (nSPS) is 13.6. The Balaban J connectivity index is 2.85. The van der Waals surface area contributed by atoms with Crippen LogP contribution in [0.5, 0.6) is 0 Å². The Morgan fingerprint density at radius 1 is 1.71 bits per heavy atom. The molecular weight excluding hydrogens is 246 g/mol. The molecule has 1 atom stereocenters. The second-order valence-corrected chi connectivity index (χ2v) is 4.83. The molecule has 0 saturated heterocycles. The second kappa shape index (κ2) is 5.53. The fourth-order valence-electron chi connectivity index (χ4n) is 1.12. The number of aryl methyl sites for hydroxylation is 1. The van der Waals surface area contributed by atoms with Crippen molar-refractivity contribution in [2.24, 2.45) is 17.9 Å². The van der Waals surface area contributed by atoms with Crippen molar-refractivity contribution in [1.82, 2.24) is 14.8 Å². The van der Waals surface area contributed by atoms with Gasteiger partial charge in [-0.3, -0.25) is 19.4 Å². The van der Waals surface area contributed by atoms with Gasteiger partial charge in [0.05, 0.1) is 0 Å². The van der Waals surface area contributed by atoms with Crippen molar-refractivity contribution in [3.05, 3.63) is 20.7 Å². The molecule has 17 heavy (non-hydrogen) atoms. The van der Waals surface area contributed by atoms with Crippen molar-refractivity contribution in [2.75, 3.05) is 0 Å². The fraction of sp³-hybridized carbons (Fsp3) is 0.500. The smallest absolute Gasteiger partial charge is 0.339 e. The van der Waals surface area contributed by atoms with E-state index in [0.717, 1.165) is 0 Å². The molecule has 0 aromatic carbocycles. The van der Waals surface area contributed by atoms with Crippen molar-refractivity contribution < 1.29 is 5.21 Å². The first-order valence-electron chi connectivity index (χ1n) is 4.74. The van der Waals surface area contributed by atoms with E-state index in [-0.39, 0.29) is 11.1 Å². The molecule has 1 rings (SSSR count). The van der Waals surface area contributed by atoms with Gasteiger partial charge in [0.1, 0.15) is 5.84 Å². The van der Waals surface area contributed by atoms with Gasteiger partial charge in [-0.15, -0.1) is 0 Å². The first-order valence-corrected chi connectivity index (χ1v) is 5.62. The zero-order valence-electron chi connectivity index (χ0n) is 9.38. The summed E-state index contributed by atoms with van der Waals surface area (Å²) in [4.78, 5) is 25.7. The molecule has 0 bridgehead atoms. The van der Waals surface area contributed by atoms with E-state index in [2.05, 4.69) is 15.2 Å². The number of hydrogen-bond acceptors (Lipinski definition) is 6. The van der Waals surface area contributed by atoms with Gasteiger partial charge in [0.25, 0.3) is 0 Å². The van der Waals surface area contributed by atoms with Gasteiger partial charge in [0.15, 0.2) is 5.16 Å². The van der Waals surface area contributed by atoms with Crippen LogP contribution in [-0.4, -0.2) is 31.1 Å². The summed E-state index contributed by atoms with van der Waals surface area (Å²) in [5, 5.41) is 13.9. The van der Waals surface area contributed by atoms with E-state index in [0.29, 0.717) is 11.6 Å². The molecule has 0 saturated carbocycles. The van der Waals surface area contributed by atoms with Crippen LogP contribution in [0.1, 0.15) is 13.3 Å². The topological polar surface area (TPSA) is 126 Å². The fourth-order valence-corrected chi connectivity index (χ4v) is 2.08. The highest BCUT2D eigenvalue weighted by Gasteiger charge is 2.11. The SMILES string of the molecule is CC(CC(N)=NO)Sc1nc(=O)c(=O)[nH]n1C. The Bertz CT molecular complexity index is 535. The summed E-state index contributed by atoms with van der Waals surface area (Å²) in [6, 6.07) is 0. The van der Waals surface area contributed by atoms with Crippen LogP contribution in [-0.2, 0) is 7.05 Å². The first-order chi connectivity index (χ1) is 7.93. The minimum absolute atomic E-state index is 0.0464. The molecule has 1 unspecified atom stereocenters. The van der Waals surface area contributed by atoms with E-state index in [1.807, 2.05) is 6.92 Å². The maximum absolute atomic E-state index is 11.1. The maximum atomic E-state index is 11.1. The van der Waals surface area contributed by atoms with Crippen molar-refractivity contribution >= 4 is 17.6 Å². The van der Waals surface area contributed by atoms with Gasteiger partial charge in [-0.05, 0) is 0 Å². The zero-order valence-corrected chi connectivity index (χ0v) is 10.2. The van der Waals surface area contributed by atoms with E-state index in [1.54, 1.807) is 7.05 Å². The van der Waals surface area contributed by atoms with Gasteiger partial charge in [-0.1, -0.05) is 23.8 Å². The quantitative estimate of drug-likeness (QED) is 0.160. The molecule has 0 aliphatic carbocycles. The van der Waals surface area contributed by atoms with Crippen LogP contribution in [0.3, 0.4) is 0 Å². The number of nitrogens with zero attached hydrogens (tertiary/aromatic N) is 3. The summed E-state index contributed by atoms with van der Waals surface area (Å²) in [5.74, 6) is 0.0967. The largest absolute Gasteiger partial charge is 0.409 e. The molecule has 8 nitrogen and oxygen atoms in total. The Hall–Kier alpha value is -1.77. The molecule has 4 N–H and O–H groups in total. The van der Waals surface area contributed by atoms with Gasteiger partial charge in [0, 0.05) is 18.7 Å². The minimum atomic E-state index is -0.832. The molecule has 94 valence electrons. The summed E-state index contributed by atoms with van der Waals surface area (Å²) in [7, 11) is 1.58. The van der Waals surface area contributed by atoms with Crippen LogP contribution in [0, 0.1) is 0 Å². The lowest BCUT2D eigenvalue weighted by atomic mass is 10.3. The number of nitrogens with one attached hydrogen (secondary N) is 1. The van der Waals surface area contributed by atoms with Gasteiger partial charge in [-0.2, -0.15) is 4.98 Å². The second-order valence-electron chi connectivity index (χ2n) is 3.42. The van der Waals surface area contributed by atoms with Crippen LogP contribution in [0.25, 0.3) is 0 Å². The number of amidine groups is 1. The predicted molar refractivity (Wildman–Crippen MR) is 63.4 cm³/mol. The van der Waals surface area contributed by atoms with E-state index < -0.39 is 11.1 Å².